The lowest BCUT2D eigenvalue weighted by Gasteiger charge is -2.03. The van der Waals surface area contributed by atoms with Crippen molar-refractivity contribution >= 4 is 16.5 Å². The van der Waals surface area contributed by atoms with E-state index in [2.05, 4.69) is 17.4 Å². The zero-order chi connectivity index (χ0) is 8.81. The predicted molar refractivity (Wildman–Crippen MR) is 57.4 cm³/mol. The van der Waals surface area contributed by atoms with Crippen LogP contribution in [0.5, 0.6) is 0 Å². The largest absolute Gasteiger partial charge is 0.289 e. The molecule has 12 heavy (non-hydrogen) atoms. The number of nitrogens with one attached hydrogen (secondary N) is 1. The Morgan fingerprint density at radius 2 is 2.08 bits per heavy atom. The molecule has 0 amide bonds. The second kappa shape index (κ2) is 5.09. The van der Waals surface area contributed by atoms with Gasteiger partial charge in [-0.2, -0.15) is 11.4 Å². The molecule has 0 saturated carbocycles. The lowest BCUT2D eigenvalue weighted by Crippen LogP contribution is -2.29. The summed E-state index contributed by atoms with van der Waals surface area (Å²) >= 11 is 1.10. The molecule has 0 aliphatic heterocycles. The molecule has 0 spiro atoms. The average molecular weight is 182 g/mol. The monoisotopic (exact) mass is 182 g/mol. The summed E-state index contributed by atoms with van der Waals surface area (Å²) in [5, 5.41) is 3.95. The maximum Gasteiger partial charge on any atom is 0.0774 e. The number of hydrogen-bond acceptors (Lipinski definition) is 0. The highest BCUT2D eigenvalue weighted by atomic mass is 32.1. The molecule has 2 nitrogen and oxygen atoms in total. The molecular formula is C9H14N2S. The highest BCUT2D eigenvalue weighted by Gasteiger charge is 1.89. The van der Waals surface area contributed by atoms with Gasteiger partial charge in [-0.15, -0.1) is 0 Å². The van der Waals surface area contributed by atoms with Gasteiger partial charge in [-0.25, -0.2) is 0 Å². The third-order valence-electron chi connectivity index (χ3n) is 1.56. The third kappa shape index (κ3) is 3.17. The molecule has 0 radical (unpaired) electrons. The summed E-state index contributed by atoms with van der Waals surface area (Å²) in [6.07, 6.45) is 2.01. The highest BCUT2D eigenvalue weighted by Crippen LogP contribution is 1.96. The van der Waals surface area contributed by atoms with E-state index < -0.39 is 0 Å². The van der Waals surface area contributed by atoms with Crippen molar-refractivity contribution in [2.75, 3.05) is 6.26 Å². The second-order valence-electron chi connectivity index (χ2n) is 2.45. The van der Waals surface area contributed by atoms with E-state index in [1.54, 1.807) is 0 Å². The van der Waals surface area contributed by atoms with Crippen LogP contribution in [-0.4, -0.2) is 11.4 Å². The zero-order valence-corrected chi connectivity index (χ0v) is 8.01. The summed E-state index contributed by atoms with van der Waals surface area (Å²) < 4.78 is 0. The Hall–Kier alpha value is -0.640. The van der Waals surface area contributed by atoms with Crippen molar-refractivity contribution in [1.82, 2.24) is 5.32 Å². The van der Waals surface area contributed by atoms with Crippen molar-refractivity contribution < 1.29 is 0 Å². The smallest absolute Gasteiger partial charge is 0.0774 e. The van der Waals surface area contributed by atoms with E-state index in [0.717, 1.165) is 23.0 Å². The van der Waals surface area contributed by atoms with Crippen molar-refractivity contribution in [3.05, 3.63) is 35.9 Å². The Bertz CT molecular complexity index is 256. The number of thiol groups is 1. The summed E-state index contributed by atoms with van der Waals surface area (Å²) in [7, 11) is 0. The van der Waals surface area contributed by atoms with E-state index in [4.69, 9.17) is 5.73 Å². The average Bonchev–Trinajstić information content (AvgIpc) is 2.16. The van der Waals surface area contributed by atoms with Crippen LogP contribution in [0.2, 0.25) is 0 Å². The topological polar surface area (TPSA) is 38.0 Å². The minimum atomic E-state index is 0.813. The fourth-order valence-electron chi connectivity index (χ4n) is 0.868. The lowest BCUT2D eigenvalue weighted by molar-refractivity contribution is 0.920. The van der Waals surface area contributed by atoms with Crippen LogP contribution in [0.25, 0.3) is 0 Å². The predicted octanol–water partition coefficient (Wildman–Crippen LogP) is 0.918. The van der Waals surface area contributed by atoms with Crippen LogP contribution >= 0.6 is 11.4 Å². The first-order valence-corrected chi connectivity index (χ1v) is 5.17. The normalized spacial score (nSPS) is 12.3. The number of benzene rings is 1. The molecule has 0 aliphatic rings. The second-order valence-corrected chi connectivity index (χ2v) is 3.38. The fraction of sp³-hybridized carbons (Fsp3) is 0.222. The SMILES string of the molecule is C[SH]=C(N)NCc1ccccc1. The van der Waals surface area contributed by atoms with Crippen molar-refractivity contribution in [2.45, 2.75) is 6.54 Å². The van der Waals surface area contributed by atoms with Gasteiger partial charge in [-0.1, -0.05) is 30.3 Å². The van der Waals surface area contributed by atoms with Crippen LogP contribution in [0.4, 0.5) is 0 Å². The summed E-state index contributed by atoms with van der Waals surface area (Å²) in [5.74, 6) is 0. The number of rotatable bonds is 2. The molecule has 0 atom stereocenters. The summed E-state index contributed by atoms with van der Waals surface area (Å²) in [6, 6.07) is 10.2. The molecule has 0 saturated heterocycles. The molecule has 3 N–H and O–H groups in total. The van der Waals surface area contributed by atoms with Crippen LogP contribution in [0, 0.1) is 0 Å². The molecule has 1 aromatic carbocycles. The first kappa shape index (κ1) is 9.45. The standard InChI is InChI=1S/C9H14N2S/c1-12-9(10)11-7-8-5-3-2-4-6-8/h2-6,11-12H,7,10H2,1H3. The van der Waals surface area contributed by atoms with Crippen LogP contribution in [0.3, 0.4) is 0 Å². The molecule has 0 aromatic heterocycles. The summed E-state index contributed by atoms with van der Waals surface area (Å²) in [6.45, 7) is 0.813. The summed E-state index contributed by atoms with van der Waals surface area (Å²) in [4.78, 5) is 0. The summed E-state index contributed by atoms with van der Waals surface area (Å²) in [5.41, 5.74) is 6.87. The van der Waals surface area contributed by atoms with E-state index in [1.807, 2.05) is 24.5 Å². The minimum absolute atomic E-state index is 0.813. The van der Waals surface area contributed by atoms with Gasteiger partial charge in [-0.05, 0) is 11.8 Å². The molecule has 0 fully saturated rings. The van der Waals surface area contributed by atoms with Crippen molar-refractivity contribution in [3.63, 3.8) is 0 Å². The fourth-order valence-corrected chi connectivity index (χ4v) is 1.10. The quantitative estimate of drug-likeness (QED) is 0.470. The Balaban J connectivity index is 2.44. The van der Waals surface area contributed by atoms with Crippen molar-refractivity contribution in [3.8, 4) is 0 Å². The molecule has 0 heterocycles. The minimum Gasteiger partial charge on any atom is -0.289 e. The molecule has 66 valence electrons. The molecule has 0 aliphatic carbocycles. The molecule has 1 aromatic rings. The Morgan fingerprint density at radius 1 is 1.42 bits per heavy atom. The highest BCUT2D eigenvalue weighted by molar-refractivity contribution is 7.97. The molecular weight excluding hydrogens is 168 g/mol. The van der Waals surface area contributed by atoms with Gasteiger partial charge in [0.05, 0.1) is 5.11 Å². The molecule has 0 bridgehead atoms. The van der Waals surface area contributed by atoms with E-state index >= 15 is 0 Å². The van der Waals surface area contributed by atoms with E-state index in [9.17, 15) is 0 Å². The van der Waals surface area contributed by atoms with Crippen LogP contribution < -0.4 is 11.1 Å². The maximum absolute atomic E-state index is 5.61. The maximum atomic E-state index is 5.61. The van der Waals surface area contributed by atoms with Gasteiger partial charge in [0.1, 0.15) is 0 Å². The van der Waals surface area contributed by atoms with Gasteiger partial charge < -0.3 is 0 Å². The van der Waals surface area contributed by atoms with Crippen molar-refractivity contribution in [1.29, 1.82) is 0 Å². The lowest BCUT2D eigenvalue weighted by atomic mass is 10.2. The number of nitrogens with two attached hydrogens (primary N) is 1. The first-order chi connectivity index (χ1) is 5.83. The van der Waals surface area contributed by atoms with Crippen LogP contribution in [0.15, 0.2) is 30.3 Å². The van der Waals surface area contributed by atoms with Gasteiger partial charge >= 0.3 is 0 Å². The van der Waals surface area contributed by atoms with Gasteiger partial charge in [0.2, 0.25) is 0 Å². The van der Waals surface area contributed by atoms with Gasteiger partial charge in [0.25, 0.3) is 0 Å². The zero-order valence-electron chi connectivity index (χ0n) is 7.12. The van der Waals surface area contributed by atoms with E-state index in [1.165, 1.54) is 5.56 Å². The van der Waals surface area contributed by atoms with Crippen LogP contribution in [0.1, 0.15) is 5.56 Å². The van der Waals surface area contributed by atoms with Crippen molar-refractivity contribution in [2.24, 2.45) is 5.73 Å². The Kier molecular flexibility index (Phi) is 4.00. The number of hydrogen-bond donors (Lipinski definition) is 3. The van der Waals surface area contributed by atoms with E-state index in [0.29, 0.717) is 0 Å². The van der Waals surface area contributed by atoms with Gasteiger partial charge in [0, 0.05) is 6.54 Å². The van der Waals surface area contributed by atoms with Crippen LogP contribution in [-0.2, 0) is 6.54 Å². The molecule has 1 rings (SSSR count). The Morgan fingerprint density at radius 3 is 2.67 bits per heavy atom. The van der Waals surface area contributed by atoms with Gasteiger partial charge in [0.15, 0.2) is 0 Å². The first-order valence-electron chi connectivity index (χ1n) is 3.83. The third-order valence-corrected chi connectivity index (χ3v) is 2.20. The Labute approximate surface area is 76.7 Å². The molecule has 0 unspecified atom stereocenters. The van der Waals surface area contributed by atoms with Gasteiger partial charge in [-0.3, -0.25) is 11.1 Å². The van der Waals surface area contributed by atoms with E-state index in [-0.39, 0.29) is 0 Å². The molecule has 3 heteroatoms.